The standard InChI is InChI=1S/C14H12O2S/c1-17-12-6-2-4-10(8-12)13-7-3-5-11(9-15)14(13)16/h2-9,16H,1H3. The monoisotopic (exact) mass is 244 g/mol. The van der Waals surface area contributed by atoms with Gasteiger partial charge in [-0.3, -0.25) is 4.79 Å². The molecule has 0 atom stereocenters. The minimum Gasteiger partial charge on any atom is -0.507 e. The van der Waals surface area contributed by atoms with E-state index in [1.165, 1.54) is 0 Å². The first-order chi connectivity index (χ1) is 8.26. The molecule has 86 valence electrons. The Labute approximate surface area is 104 Å². The zero-order chi connectivity index (χ0) is 12.3. The molecular formula is C14H12O2S. The lowest BCUT2D eigenvalue weighted by Crippen LogP contribution is -1.85. The topological polar surface area (TPSA) is 37.3 Å². The molecule has 0 aliphatic heterocycles. The number of phenols is 1. The van der Waals surface area contributed by atoms with Gasteiger partial charge in [0.05, 0.1) is 5.56 Å². The SMILES string of the molecule is CSc1cccc(-c2cccc(C=O)c2O)c1. The molecule has 0 bridgehead atoms. The number of carbonyl (C=O) groups is 1. The Bertz CT molecular complexity index is 550. The smallest absolute Gasteiger partial charge is 0.153 e. The highest BCUT2D eigenvalue weighted by Crippen LogP contribution is 2.32. The van der Waals surface area contributed by atoms with E-state index in [1.54, 1.807) is 23.9 Å². The van der Waals surface area contributed by atoms with Gasteiger partial charge in [0.2, 0.25) is 0 Å². The molecule has 0 fully saturated rings. The maximum Gasteiger partial charge on any atom is 0.153 e. The molecule has 0 saturated heterocycles. The summed E-state index contributed by atoms with van der Waals surface area (Å²) in [5, 5.41) is 9.97. The van der Waals surface area contributed by atoms with Crippen LogP contribution in [0.5, 0.6) is 5.75 Å². The van der Waals surface area contributed by atoms with E-state index < -0.39 is 0 Å². The molecule has 2 nitrogen and oxygen atoms in total. The Morgan fingerprint density at radius 3 is 2.65 bits per heavy atom. The van der Waals surface area contributed by atoms with Gasteiger partial charge in [0.25, 0.3) is 0 Å². The van der Waals surface area contributed by atoms with Crippen LogP contribution in [0.25, 0.3) is 11.1 Å². The molecule has 0 spiro atoms. The lowest BCUT2D eigenvalue weighted by atomic mass is 10.0. The van der Waals surface area contributed by atoms with E-state index in [2.05, 4.69) is 0 Å². The van der Waals surface area contributed by atoms with Gasteiger partial charge in [0.15, 0.2) is 6.29 Å². The number of para-hydroxylation sites is 1. The molecule has 0 saturated carbocycles. The number of hydrogen-bond donors (Lipinski definition) is 1. The molecule has 17 heavy (non-hydrogen) atoms. The summed E-state index contributed by atoms with van der Waals surface area (Å²) in [4.78, 5) is 11.9. The van der Waals surface area contributed by atoms with Crippen molar-refractivity contribution in [3.8, 4) is 16.9 Å². The number of rotatable bonds is 3. The van der Waals surface area contributed by atoms with Crippen molar-refractivity contribution in [2.75, 3.05) is 6.26 Å². The van der Waals surface area contributed by atoms with Crippen LogP contribution in [-0.4, -0.2) is 17.6 Å². The molecule has 0 amide bonds. The van der Waals surface area contributed by atoms with E-state index in [0.717, 1.165) is 10.5 Å². The second-order valence-electron chi connectivity index (χ2n) is 3.59. The number of carbonyl (C=O) groups excluding carboxylic acids is 1. The Hall–Kier alpha value is -1.74. The highest BCUT2D eigenvalue weighted by atomic mass is 32.2. The number of thioether (sulfide) groups is 1. The van der Waals surface area contributed by atoms with Crippen LogP contribution in [0.3, 0.4) is 0 Å². The molecule has 0 aliphatic rings. The van der Waals surface area contributed by atoms with Gasteiger partial charge in [0, 0.05) is 10.5 Å². The van der Waals surface area contributed by atoms with E-state index in [4.69, 9.17) is 0 Å². The average molecular weight is 244 g/mol. The van der Waals surface area contributed by atoms with Crippen molar-refractivity contribution in [3.63, 3.8) is 0 Å². The number of aldehydes is 1. The van der Waals surface area contributed by atoms with Crippen molar-refractivity contribution in [2.45, 2.75) is 4.90 Å². The molecule has 2 aromatic carbocycles. The van der Waals surface area contributed by atoms with Crippen molar-refractivity contribution >= 4 is 18.0 Å². The quantitative estimate of drug-likeness (QED) is 0.662. The number of phenolic OH excluding ortho intramolecular Hbond substituents is 1. The summed E-state index contributed by atoms with van der Waals surface area (Å²) in [5.41, 5.74) is 1.92. The van der Waals surface area contributed by atoms with Crippen molar-refractivity contribution in [1.29, 1.82) is 0 Å². The third kappa shape index (κ3) is 2.34. The lowest BCUT2D eigenvalue weighted by Gasteiger charge is -2.07. The zero-order valence-electron chi connectivity index (χ0n) is 9.38. The predicted octanol–water partition coefficient (Wildman–Crippen LogP) is 3.59. The van der Waals surface area contributed by atoms with Crippen LogP contribution >= 0.6 is 11.8 Å². The van der Waals surface area contributed by atoms with Crippen molar-refractivity contribution in [2.24, 2.45) is 0 Å². The van der Waals surface area contributed by atoms with Gasteiger partial charge in [0.1, 0.15) is 5.75 Å². The van der Waals surface area contributed by atoms with Crippen molar-refractivity contribution < 1.29 is 9.90 Å². The van der Waals surface area contributed by atoms with Gasteiger partial charge >= 0.3 is 0 Å². The zero-order valence-corrected chi connectivity index (χ0v) is 10.2. The molecule has 0 aromatic heterocycles. The normalized spacial score (nSPS) is 10.2. The molecule has 1 N–H and O–H groups in total. The average Bonchev–Trinajstić information content (AvgIpc) is 2.39. The van der Waals surface area contributed by atoms with Crippen LogP contribution in [0.2, 0.25) is 0 Å². The van der Waals surface area contributed by atoms with Gasteiger partial charge in [-0.15, -0.1) is 11.8 Å². The van der Waals surface area contributed by atoms with Crippen molar-refractivity contribution in [3.05, 3.63) is 48.0 Å². The number of benzene rings is 2. The maximum atomic E-state index is 10.8. The Balaban J connectivity index is 2.56. The highest BCUT2D eigenvalue weighted by Gasteiger charge is 2.08. The van der Waals surface area contributed by atoms with E-state index in [0.29, 0.717) is 17.4 Å². The van der Waals surface area contributed by atoms with Gasteiger partial charge in [-0.05, 0) is 30.0 Å². The van der Waals surface area contributed by atoms with Crippen molar-refractivity contribution in [1.82, 2.24) is 0 Å². The third-order valence-corrected chi connectivity index (χ3v) is 3.30. The van der Waals surface area contributed by atoms with Crippen LogP contribution < -0.4 is 0 Å². The highest BCUT2D eigenvalue weighted by molar-refractivity contribution is 7.98. The third-order valence-electron chi connectivity index (χ3n) is 2.57. The summed E-state index contributed by atoms with van der Waals surface area (Å²) in [5.74, 6) is 0.0424. The number of hydrogen-bond acceptors (Lipinski definition) is 3. The maximum absolute atomic E-state index is 10.8. The molecular weight excluding hydrogens is 232 g/mol. The fourth-order valence-corrected chi connectivity index (χ4v) is 2.14. The van der Waals surface area contributed by atoms with Gasteiger partial charge in [-0.1, -0.05) is 24.3 Å². The first kappa shape index (κ1) is 11.7. The second-order valence-corrected chi connectivity index (χ2v) is 4.47. The summed E-state index contributed by atoms with van der Waals surface area (Å²) in [6, 6.07) is 13.0. The predicted molar refractivity (Wildman–Crippen MR) is 70.7 cm³/mol. The summed E-state index contributed by atoms with van der Waals surface area (Å²) in [7, 11) is 0. The summed E-state index contributed by atoms with van der Waals surface area (Å²) >= 11 is 1.64. The first-order valence-corrected chi connectivity index (χ1v) is 6.40. The molecule has 0 radical (unpaired) electrons. The Morgan fingerprint density at radius 1 is 1.18 bits per heavy atom. The summed E-state index contributed by atoms with van der Waals surface area (Å²) in [6.07, 6.45) is 2.66. The Kier molecular flexibility index (Phi) is 3.49. The largest absolute Gasteiger partial charge is 0.507 e. The second kappa shape index (κ2) is 5.06. The summed E-state index contributed by atoms with van der Waals surface area (Å²) in [6.45, 7) is 0. The molecule has 0 unspecified atom stereocenters. The van der Waals surface area contributed by atoms with Crippen LogP contribution in [-0.2, 0) is 0 Å². The lowest BCUT2D eigenvalue weighted by molar-refractivity contribution is 0.112. The van der Waals surface area contributed by atoms with Crippen LogP contribution in [0, 0.1) is 0 Å². The van der Waals surface area contributed by atoms with Gasteiger partial charge in [-0.2, -0.15) is 0 Å². The molecule has 2 aromatic rings. The van der Waals surface area contributed by atoms with E-state index >= 15 is 0 Å². The van der Waals surface area contributed by atoms with Gasteiger partial charge < -0.3 is 5.11 Å². The van der Waals surface area contributed by atoms with E-state index in [-0.39, 0.29) is 5.75 Å². The fourth-order valence-electron chi connectivity index (χ4n) is 1.68. The van der Waals surface area contributed by atoms with Crippen LogP contribution in [0.1, 0.15) is 10.4 Å². The minimum absolute atomic E-state index is 0.0424. The molecule has 2 rings (SSSR count). The van der Waals surface area contributed by atoms with Crippen LogP contribution in [0.15, 0.2) is 47.4 Å². The molecule has 0 aliphatic carbocycles. The summed E-state index contributed by atoms with van der Waals surface area (Å²) < 4.78 is 0. The van der Waals surface area contributed by atoms with E-state index in [9.17, 15) is 9.90 Å². The Morgan fingerprint density at radius 2 is 1.94 bits per heavy atom. The molecule has 0 heterocycles. The number of aromatic hydroxyl groups is 1. The fraction of sp³-hybridized carbons (Fsp3) is 0.0714. The first-order valence-electron chi connectivity index (χ1n) is 5.18. The van der Waals surface area contributed by atoms with E-state index in [1.807, 2.05) is 36.6 Å². The van der Waals surface area contributed by atoms with Crippen LogP contribution in [0.4, 0.5) is 0 Å². The minimum atomic E-state index is 0.0424. The van der Waals surface area contributed by atoms with Gasteiger partial charge in [-0.25, -0.2) is 0 Å². The molecule has 3 heteroatoms.